The maximum Gasteiger partial charge on any atom is 0.284 e. The number of ether oxygens (including phenoxy) is 1. The van der Waals surface area contributed by atoms with Crippen molar-refractivity contribution in [2.24, 2.45) is 5.92 Å². The Kier molecular flexibility index (Phi) is 5.10. The number of carbonyl (C=O) groups is 1. The largest absolute Gasteiger partial charge is 0.381 e. The zero-order chi connectivity index (χ0) is 16.3. The topological polar surface area (TPSA) is 85.4 Å². The van der Waals surface area contributed by atoms with Crippen molar-refractivity contribution in [1.29, 1.82) is 0 Å². The molecule has 0 spiro atoms. The van der Waals surface area contributed by atoms with Crippen LogP contribution in [-0.2, 0) is 14.8 Å². The molecule has 1 fully saturated rings. The second kappa shape index (κ2) is 7.08. The lowest BCUT2D eigenvalue weighted by atomic mass is 10.0. The molecule has 3 heterocycles. The minimum absolute atomic E-state index is 0.0335. The minimum atomic E-state index is -3.66. The van der Waals surface area contributed by atoms with Gasteiger partial charge >= 0.3 is 0 Å². The Morgan fingerprint density at radius 3 is 2.83 bits per heavy atom. The van der Waals surface area contributed by atoms with Gasteiger partial charge in [0.05, 0.1) is 10.6 Å². The summed E-state index contributed by atoms with van der Waals surface area (Å²) in [4.78, 5) is 17.3. The Morgan fingerprint density at radius 1 is 1.35 bits per heavy atom. The summed E-state index contributed by atoms with van der Waals surface area (Å²) in [5.74, 6) is -0.688. The Morgan fingerprint density at radius 2 is 2.13 bits per heavy atom. The van der Waals surface area contributed by atoms with Crippen LogP contribution in [-0.4, -0.2) is 38.3 Å². The van der Waals surface area contributed by atoms with Gasteiger partial charge in [-0.05, 0) is 30.2 Å². The zero-order valence-electron chi connectivity index (χ0n) is 12.2. The molecule has 0 unspecified atom stereocenters. The van der Waals surface area contributed by atoms with Crippen molar-refractivity contribution in [1.82, 2.24) is 9.71 Å². The molecule has 1 amide bonds. The molecule has 1 aliphatic heterocycles. The van der Waals surface area contributed by atoms with Crippen LogP contribution in [0.3, 0.4) is 0 Å². The van der Waals surface area contributed by atoms with E-state index in [0.29, 0.717) is 31.1 Å². The van der Waals surface area contributed by atoms with E-state index in [9.17, 15) is 13.2 Å². The number of nitrogens with one attached hydrogen (secondary N) is 1. The molecular weight excluding hydrogens is 356 g/mol. The average Bonchev–Trinajstić information content (AvgIpc) is 3.18. The fraction of sp³-hybridized carbons (Fsp3) is 0.429. The summed E-state index contributed by atoms with van der Waals surface area (Å²) in [7, 11) is -3.66. The third kappa shape index (κ3) is 4.37. The number of sulfonamides is 1. The molecule has 0 aliphatic carbocycles. The van der Waals surface area contributed by atoms with Crippen molar-refractivity contribution in [2.75, 3.05) is 19.0 Å². The van der Waals surface area contributed by atoms with Gasteiger partial charge in [-0.25, -0.2) is 18.1 Å². The van der Waals surface area contributed by atoms with Gasteiger partial charge in [0.25, 0.3) is 5.91 Å². The highest BCUT2D eigenvalue weighted by Gasteiger charge is 2.24. The van der Waals surface area contributed by atoms with Gasteiger partial charge in [-0.15, -0.1) is 22.7 Å². The Labute approximate surface area is 142 Å². The third-order valence-corrected chi connectivity index (χ3v) is 6.80. The van der Waals surface area contributed by atoms with Gasteiger partial charge in [0, 0.05) is 18.6 Å². The second-order valence-corrected chi connectivity index (χ2v) is 8.86. The van der Waals surface area contributed by atoms with Gasteiger partial charge in [0.2, 0.25) is 10.0 Å². The normalized spacial score (nSPS) is 16.3. The molecule has 2 aromatic rings. The average molecular weight is 372 g/mol. The summed E-state index contributed by atoms with van der Waals surface area (Å²) >= 11 is 2.85. The van der Waals surface area contributed by atoms with Crippen molar-refractivity contribution < 1.29 is 17.9 Å². The second-order valence-electron chi connectivity index (χ2n) is 5.28. The number of thiophene rings is 1. The third-order valence-electron chi connectivity index (χ3n) is 3.51. The highest BCUT2D eigenvalue weighted by atomic mass is 32.2. The van der Waals surface area contributed by atoms with E-state index in [1.54, 1.807) is 5.38 Å². The zero-order valence-corrected chi connectivity index (χ0v) is 14.7. The number of hydrogen-bond acceptors (Lipinski definition) is 7. The summed E-state index contributed by atoms with van der Waals surface area (Å²) < 4.78 is 31.6. The van der Waals surface area contributed by atoms with Crippen LogP contribution >= 0.6 is 22.7 Å². The van der Waals surface area contributed by atoms with E-state index in [1.807, 2.05) is 17.5 Å². The predicted octanol–water partition coefficient (Wildman–Crippen LogP) is 2.36. The number of amides is 1. The van der Waals surface area contributed by atoms with E-state index in [1.165, 1.54) is 22.7 Å². The van der Waals surface area contributed by atoms with Crippen LogP contribution in [0.5, 0.6) is 0 Å². The summed E-state index contributed by atoms with van der Waals surface area (Å²) in [5.41, 5.74) is 0.133. The number of thiazole rings is 1. The molecule has 0 bridgehead atoms. The first-order valence-electron chi connectivity index (χ1n) is 7.15. The Bertz CT molecular complexity index is 762. The molecule has 0 saturated carbocycles. The monoisotopic (exact) mass is 372 g/mol. The van der Waals surface area contributed by atoms with Crippen LogP contribution < -0.4 is 4.72 Å². The molecule has 9 heteroatoms. The smallest absolute Gasteiger partial charge is 0.284 e. The molecule has 0 radical (unpaired) electrons. The molecular formula is C14H16N2O4S3. The van der Waals surface area contributed by atoms with Gasteiger partial charge < -0.3 is 4.74 Å². The molecule has 23 heavy (non-hydrogen) atoms. The predicted molar refractivity (Wildman–Crippen MR) is 90.2 cm³/mol. The Balaban J connectivity index is 1.64. The highest BCUT2D eigenvalue weighted by molar-refractivity contribution is 7.90. The van der Waals surface area contributed by atoms with Crippen molar-refractivity contribution in [2.45, 2.75) is 12.8 Å². The summed E-state index contributed by atoms with van der Waals surface area (Å²) in [5, 5.41) is 4.22. The quantitative estimate of drug-likeness (QED) is 0.871. The summed E-state index contributed by atoms with van der Waals surface area (Å²) in [6.07, 6.45) is 1.41. The number of rotatable bonds is 5. The first-order valence-corrected chi connectivity index (χ1v) is 10.6. The van der Waals surface area contributed by atoms with Gasteiger partial charge in [0.1, 0.15) is 10.7 Å². The van der Waals surface area contributed by atoms with Crippen molar-refractivity contribution in [3.8, 4) is 9.88 Å². The Hall–Kier alpha value is -1.29. The van der Waals surface area contributed by atoms with Gasteiger partial charge in [-0.3, -0.25) is 4.79 Å². The van der Waals surface area contributed by atoms with Crippen LogP contribution in [0, 0.1) is 5.92 Å². The van der Waals surface area contributed by atoms with E-state index in [4.69, 9.17) is 4.74 Å². The number of hydrogen-bond donors (Lipinski definition) is 1. The molecule has 1 N–H and O–H groups in total. The fourth-order valence-corrected chi connectivity index (χ4v) is 5.39. The van der Waals surface area contributed by atoms with E-state index in [0.717, 1.165) is 4.88 Å². The maximum absolute atomic E-state index is 12.1. The first kappa shape index (κ1) is 16.6. The molecule has 124 valence electrons. The van der Waals surface area contributed by atoms with Crippen LogP contribution in [0.15, 0.2) is 22.9 Å². The standard InChI is InChI=1S/C14H16N2O4S3/c17-13(11-8-22-14(15-11)12-2-1-7-21-12)16-23(18,19)9-10-3-5-20-6-4-10/h1-2,7-8,10H,3-6,9H2,(H,16,17). The maximum atomic E-state index is 12.1. The van der Waals surface area contributed by atoms with Crippen molar-refractivity contribution in [3.63, 3.8) is 0 Å². The molecule has 3 rings (SSSR count). The molecule has 1 saturated heterocycles. The molecule has 2 aromatic heterocycles. The SMILES string of the molecule is O=C(NS(=O)(=O)CC1CCOCC1)c1csc(-c2cccs2)n1. The van der Waals surface area contributed by atoms with Crippen molar-refractivity contribution in [3.05, 3.63) is 28.6 Å². The van der Waals surface area contributed by atoms with Gasteiger partial charge in [-0.2, -0.15) is 0 Å². The number of carbonyl (C=O) groups excluding carboxylic acids is 1. The molecule has 1 aliphatic rings. The summed E-state index contributed by atoms with van der Waals surface area (Å²) in [6.45, 7) is 1.15. The van der Waals surface area contributed by atoms with E-state index < -0.39 is 15.9 Å². The fourth-order valence-electron chi connectivity index (χ4n) is 2.35. The highest BCUT2D eigenvalue weighted by Crippen LogP contribution is 2.27. The first-order chi connectivity index (χ1) is 11.0. The molecule has 0 atom stereocenters. The molecule has 6 nitrogen and oxygen atoms in total. The van der Waals surface area contributed by atoms with Crippen LogP contribution in [0.4, 0.5) is 0 Å². The lowest BCUT2D eigenvalue weighted by Gasteiger charge is -2.21. The van der Waals surface area contributed by atoms with Crippen molar-refractivity contribution >= 4 is 38.6 Å². The van der Waals surface area contributed by atoms with Crippen LogP contribution in [0.25, 0.3) is 9.88 Å². The van der Waals surface area contributed by atoms with E-state index in [2.05, 4.69) is 9.71 Å². The minimum Gasteiger partial charge on any atom is -0.381 e. The van der Waals surface area contributed by atoms with Crippen LogP contribution in [0.2, 0.25) is 0 Å². The van der Waals surface area contributed by atoms with Gasteiger partial charge in [0.15, 0.2) is 0 Å². The van der Waals surface area contributed by atoms with Crippen LogP contribution in [0.1, 0.15) is 23.3 Å². The molecule has 0 aromatic carbocycles. The summed E-state index contributed by atoms with van der Waals surface area (Å²) in [6, 6.07) is 3.81. The number of nitrogens with zero attached hydrogens (tertiary/aromatic N) is 1. The van der Waals surface area contributed by atoms with E-state index >= 15 is 0 Å². The number of aromatic nitrogens is 1. The lowest BCUT2D eigenvalue weighted by molar-refractivity contribution is 0.0722. The van der Waals surface area contributed by atoms with Gasteiger partial charge in [-0.1, -0.05) is 6.07 Å². The lowest BCUT2D eigenvalue weighted by Crippen LogP contribution is -2.36. The van der Waals surface area contributed by atoms with E-state index in [-0.39, 0.29) is 17.4 Å².